The van der Waals surface area contributed by atoms with Gasteiger partial charge in [0.25, 0.3) is 0 Å². The maximum Gasteiger partial charge on any atom is 0.416 e. The minimum atomic E-state index is -4.35. The van der Waals surface area contributed by atoms with Gasteiger partial charge < -0.3 is 10.6 Å². The molecule has 0 heterocycles. The Morgan fingerprint density at radius 2 is 2.05 bits per heavy atom. The summed E-state index contributed by atoms with van der Waals surface area (Å²) in [5.41, 5.74) is -0.179. The Morgan fingerprint density at radius 3 is 2.65 bits per heavy atom. The Bertz CT molecular complexity index is 446. The molecule has 0 aliphatic heterocycles. The monoisotopic (exact) mass is 288 g/mol. The van der Waals surface area contributed by atoms with E-state index in [4.69, 9.17) is 0 Å². The summed E-state index contributed by atoms with van der Waals surface area (Å²) in [7, 11) is 0. The number of hydrogen-bond acceptors (Lipinski definition) is 2. The van der Waals surface area contributed by atoms with Crippen molar-refractivity contribution in [2.45, 2.75) is 32.5 Å². The fraction of sp³-hybridized carbons (Fsp3) is 0.500. The van der Waals surface area contributed by atoms with E-state index in [0.29, 0.717) is 12.1 Å². The molecule has 1 rings (SSSR count). The number of alkyl halides is 3. The second-order valence-electron chi connectivity index (χ2n) is 4.58. The number of amides is 1. The molecule has 0 aliphatic rings. The smallest absolute Gasteiger partial charge is 0.355 e. The second-order valence-corrected chi connectivity index (χ2v) is 4.58. The Kier molecular flexibility index (Phi) is 6.01. The first-order valence-electron chi connectivity index (χ1n) is 6.51. The third-order valence-electron chi connectivity index (χ3n) is 2.85. The number of hydrogen-bond donors (Lipinski definition) is 2. The molecule has 0 bridgehead atoms. The van der Waals surface area contributed by atoms with Crippen LogP contribution < -0.4 is 10.6 Å². The first-order valence-corrected chi connectivity index (χ1v) is 6.51. The van der Waals surface area contributed by atoms with Crippen LogP contribution in [0, 0.1) is 0 Å². The lowest BCUT2D eigenvalue weighted by molar-refractivity contribution is -0.137. The number of carbonyl (C=O) groups excluding carboxylic acids is 1. The van der Waals surface area contributed by atoms with Gasteiger partial charge in [-0.1, -0.05) is 19.1 Å². The Morgan fingerprint density at radius 1 is 1.35 bits per heavy atom. The van der Waals surface area contributed by atoms with Crippen LogP contribution in [0.3, 0.4) is 0 Å². The van der Waals surface area contributed by atoms with Gasteiger partial charge in [0.1, 0.15) is 0 Å². The summed E-state index contributed by atoms with van der Waals surface area (Å²) < 4.78 is 37.8. The van der Waals surface area contributed by atoms with Crippen molar-refractivity contribution in [1.82, 2.24) is 10.6 Å². The largest absolute Gasteiger partial charge is 0.416 e. The quantitative estimate of drug-likeness (QED) is 0.845. The van der Waals surface area contributed by atoms with Crippen molar-refractivity contribution in [1.29, 1.82) is 0 Å². The third-order valence-corrected chi connectivity index (χ3v) is 2.85. The molecule has 0 saturated carbocycles. The summed E-state index contributed by atoms with van der Waals surface area (Å²) in [6.45, 7) is 4.34. The van der Waals surface area contributed by atoms with E-state index in [9.17, 15) is 18.0 Å². The van der Waals surface area contributed by atoms with Gasteiger partial charge in [0.15, 0.2) is 0 Å². The van der Waals surface area contributed by atoms with Crippen LogP contribution in [0.4, 0.5) is 13.2 Å². The van der Waals surface area contributed by atoms with Crippen LogP contribution in [0.15, 0.2) is 24.3 Å². The predicted octanol–water partition coefficient (Wildman–Crippen LogP) is 2.88. The van der Waals surface area contributed by atoms with Gasteiger partial charge in [0, 0.05) is 12.6 Å². The third kappa shape index (κ3) is 5.21. The minimum absolute atomic E-state index is 0.0808. The minimum Gasteiger partial charge on any atom is -0.355 e. The van der Waals surface area contributed by atoms with Crippen molar-refractivity contribution in [3.63, 3.8) is 0 Å². The van der Waals surface area contributed by atoms with E-state index < -0.39 is 11.7 Å². The molecule has 0 aliphatic carbocycles. The van der Waals surface area contributed by atoms with E-state index in [2.05, 4.69) is 10.6 Å². The molecule has 0 fully saturated rings. The second kappa shape index (κ2) is 7.28. The summed E-state index contributed by atoms with van der Waals surface area (Å²) in [5, 5.41) is 5.60. The number of halogens is 3. The Labute approximate surface area is 116 Å². The molecular formula is C14H19F3N2O. The van der Waals surface area contributed by atoms with E-state index in [1.807, 2.05) is 6.92 Å². The van der Waals surface area contributed by atoms with Gasteiger partial charge in [-0.05, 0) is 31.0 Å². The van der Waals surface area contributed by atoms with Gasteiger partial charge >= 0.3 is 6.18 Å². The average molecular weight is 288 g/mol. The standard InChI is InChI=1S/C14H19F3N2O/c1-3-7-18-13(20)9-19-10(2)11-5-4-6-12(8-11)14(15,16)17/h4-6,8,10,19H,3,7,9H2,1-2H3,(H,18,20). The van der Waals surface area contributed by atoms with E-state index >= 15 is 0 Å². The van der Waals surface area contributed by atoms with Crippen LogP contribution in [0.1, 0.15) is 37.4 Å². The molecule has 0 radical (unpaired) electrons. The highest BCUT2D eigenvalue weighted by molar-refractivity contribution is 5.77. The van der Waals surface area contributed by atoms with Gasteiger partial charge in [-0.15, -0.1) is 0 Å². The molecule has 1 unspecified atom stereocenters. The molecule has 1 aromatic rings. The molecular weight excluding hydrogens is 269 g/mol. The lowest BCUT2D eigenvalue weighted by Gasteiger charge is -2.16. The van der Waals surface area contributed by atoms with Crippen LogP contribution in [0.5, 0.6) is 0 Å². The zero-order valence-corrected chi connectivity index (χ0v) is 11.6. The molecule has 112 valence electrons. The van der Waals surface area contributed by atoms with Gasteiger partial charge in [0.2, 0.25) is 5.91 Å². The SMILES string of the molecule is CCCNC(=O)CNC(C)c1cccc(C(F)(F)F)c1. The van der Waals surface area contributed by atoms with Crippen molar-refractivity contribution in [3.8, 4) is 0 Å². The van der Waals surface area contributed by atoms with Gasteiger partial charge in [-0.2, -0.15) is 13.2 Å². The van der Waals surface area contributed by atoms with Gasteiger partial charge in [0.05, 0.1) is 12.1 Å². The molecule has 1 atom stereocenters. The van der Waals surface area contributed by atoms with Crippen molar-refractivity contribution in [2.24, 2.45) is 0 Å². The lowest BCUT2D eigenvalue weighted by Crippen LogP contribution is -2.35. The molecule has 0 saturated heterocycles. The predicted molar refractivity (Wildman–Crippen MR) is 71.2 cm³/mol. The number of rotatable bonds is 6. The summed E-state index contributed by atoms with van der Waals surface area (Å²) in [6, 6.07) is 4.78. The highest BCUT2D eigenvalue weighted by atomic mass is 19.4. The fourth-order valence-corrected chi connectivity index (χ4v) is 1.67. The molecule has 20 heavy (non-hydrogen) atoms. The lowest BCUT2D eigenvalue weighted by atomic mass is 10.0. The van der Waals surface area contributed by atoms with Crippen LogP contribution in [-0.4, -0.2) is 19.0 Å². The highest BCUT2D eigenvalue weighted by Gasteiger charge is 2.30. The molecule has 0 spiro atoms. The Balaban J connectivity index is 2.59. The topological polar surface area (TPSA) is 41.1 Å². The van der Waals surface area contributed by atoms with E-state index in [0.717, 1.165) is 18.6 Å². The zero-order valence-electron chi connectivity index (χ0n) is 11.6. The number of carbonyl (C=O) groups is 1. The van der Waals surface area contributed by atoms with Crippen molar-refractivity contribution in [2.75, 3.05) is 13.1 Å². The summed E-state index contributed by atoms with van der Waals surface area (Å²) in [5.74, 6) is -0.161. The van der Waals surface area contributed by atoms with Gasteiger partial charge in [-0.25, -0.2) is 0 Å². The van der Waals surface area contributed by atoms with Gasteiger partial charge in [-0.3, -0.25) is 4.79 Å². The maximum absolute atomic E-state index is 12.6. The van der Waals surface area contributed by atoms with Crippen LogP contribution >= 0.6 is 0 Å². The van der Waals surface area contributed by atoms with E-state index in [1.165, 1.54) is 6.07 Å². The molecule has 1 amide bonds. The zero-order chi connectivity index (χ0) is 15.2. The van der Waals surface area contributed by atoms with Crippen LogP contribution in [0.2, 0.25) is 0 Å². The normalized spacial score (nSPS) is 13.1. The van der Waals surface area contributed by atoms with Crippen LogP contribution in [0.25, 0.3) is 0 Å². The molecule has 0 aromatic heterocycles. The number of nitrogens with one attached hydrogen (secondary N) is 2. The number of benzene rings is 1. The first-order chi connectivity index (χ1) is 9.34. The summed E-state index contributed by atoms with van der Waals surface area (Å²) in [6.07, 6.45) is -3.51. The molecule has 2 N–H and O–H groups in total. The summed E-state index contributed by atoms with van der Waals surface area (Å²) >= 11 is 0. The Hall–Kier alpha value is -1.56. The molecule has 1 aromatic carbocycles. The van der Waals surface area contributed by atoms with E-state index in [-0.39, 0.29) is 18.5 Å². The van der Waals surface area contributed by atoms with Crippen molar-refractivity contribution < 1.29 is 18.0 Å². The van der Waals surface area contributed by atoms with E-state index in [1.54, 1.807) is 13.0 Å². The maximum atomic E-state index is 12.6. The first kappa shape index (κ1) is 16.5. The highest BCUT2D eigenvalue weighted by Crippen LogP contribution is 2.30. The average Bonchev–Trinajstić information content (AvgIpc) is 2.41. The summed E-state index contributed by atoms with van der Waals surface area (Å²) in [4.78, 5) is 11.4. The molecule has 3 nitrogen and oxygen atoms in total. The molecule has 6 heteroatoms. The van der Waals surface area contributed by atoms with Crippen molar-refractivity contribution >= 4 is 5.91 Å². The van der Waals surface area contributed by atoms with Crippen molar-refractivity contribution in [3.05, 3.63) is 35.4 Å². The fourth-order valence-electron chi connectivity index (χ4n) is 1.67. The van der Waals surface area contributed by atoms with Crippen LogP contribution in [-0.2, 0) is 11.0 Å².